The molecule has 130 valence electrons. The summed E-state index contributed by atoms with van der Waals surface area (Å²) in [7, 11) is 1.63. The van der Waals surface area contributed by atoms with Gasteiger partial charge in [0, 0.05) is 10.5 Å². The molecule has 0 radical (unpaired) electrons. The van der Waals surface area contributed by atoms with Gasteiger partial charge in [-0.15, -0.1) is 0 Å². The molecule has 2 rings (SSSR count). The lowest BCUT2D eigenvalue weighted by molar-refractivity contribution is -0.109. The summed E-state index contributed by atoms with van der Waals surface area (Å²) in [6.45, 7) is 1.93. The molecule has 0 saturated heterocycles. The number of allylic oxidation sites excluding steroid dienone is 2. The number of methoxy groups -OCH3 is 1. The molecule has 6 heteroatoms. The maximum atomic E-state index is 11.8. The summed E-state index contributed by atoms with van der Waals surface area (Å²) in [5, 5.41) is -0.331. The topological polar surface area (TPSA) is 38.7 Å². The monoisotopic (exact) mass is 393 g/mol. The Balaban J connectivity index is 2.41. The molecule has 0 aromatic heterocycles. The van der Waals surface area contributed by atoms with E-state index in [0.29, 0.717) is 10.6 Å². The van der Waals surface area contributed by atoms with Crippen LogP contribution in [0.5, 0.6) is 5.75 Å². The quantitative estimate of drug-likeness (QED) is 0.352. The summed E-state index contributed by atoms with van der Waals surface area (Å²) in [5.41, 5.74) is 2.40. The number of halogens is 2. The molecule has 0 aliphatic carbocycles. The van der Waals surface area contributed by atoms with Crippen LogP contribution in [0.15, 0.2) is 70.6 Å². The van der Waals surface area contributed by atoms with E-state index >= 15 is 0 Å². The Bertz CT molecular complexity index is 786. The van der Waals surface area contributed by atoms with E-state index in [4.69, 9.17) is 32.9 Å². The van der Waals surface area contributed by atoms with Crippen LogP contribution in [0, 0.1) is 0 Å². The van der Waals surface area contributed by atoms with Crippen LogP contribution in [0.2, 0.25) is 0 Å². The molecule has 0 aliphatic heterocycles. The predicted molar refractivity (Wildman–Crippen MR) is 107 cm³/mol. The van der Waals surface area contributed by atoms with Crippen LogP contribution in [-0.4, -0.2) is 22.8 Å². The first-order valence-electron chi connectivity index (χ1n) is 7.50. The number of hydrogen-bond acceptors (Lipinski definition) is 4. The van der Waals surface area contributed by atoms with Crippen LogP contribution in [0.25, 0.3) is 0 Å². The Morgan fingerprint density at radius 2 is 1.84 bits per heavy atom. The molecule has 0 saturated carbocycles. The van der Waals surface area contributed by atoms with Gasteiger partial charge in [0.1, 0.15) is 5.75 Å². The average molecular weight is 394 g/mol. The Hall–Kier alpha value is -1.75. The van der Waals surface area contributed by atoms with Crippen molar-refractivity contribution in [2.45, 2.75) is 16.7 Å². The lowest BCUT2D eigenvalue weighted by Crippen LogP contribution is -2.01. The first kappa shape index (κ1) is 19.6. The van der Waals surface area contributed by atoms with Crippen molar-refractivity contribution in [1.82, 2.24) is 0 Å². The van der Waals surface area contributed by atoms with Gasteiger partial charge in [0.05, 0.1) is 18.5 Å². The Labute approximate surface area is 161 Å². The summed E-state index contributed by atoms with van der Waals surface area (Å²) >= 11 is 12.3. The molecule has 0 unspecified atom stereocenters. The van der Waals surface area contributed by atoms with Crippen LogP contribution in [-0.2, 0) is 4.79 Å². The molecule has 0 amide bonds. The second kappa shape index (κ2) is 9.66. The predicted octanol–water partition coefficient (Wildman–Crippen LogP) is 5.81. The first-order valence-corrected chi connectivity index (χ1v) is 9.18. The summed E-state index contributed by atoms with van der Waals surface area (Å²) in [6, 6.07) is 15.0. The molecule has 0 N–H and O–H groups in total. The molecule has 2 aromatic carbocycles. The molecule has 0 atom stereocenters. The zero-order valence-corrected chi connectivity index (χ0v) is 16.1. The van der Waals surface area contributed by atoms with Crippen molar-refractivity contribution in [2.24, 2.45) is 4.99 Å². The molecule has 0 fully saturated rings. The lowest BCUT2D eigenvalue weighted by Gasteiger charge is -2.08. The minimum absolute atomic E-state index is 0.331. The van der Waals surface area contributed by atoms with Crippen molar-refractivity contribution >= 4 is 51.5 Å². The molecule has 0 aliphatic rings. The van der Waals surface area contributed by atoms with Gasteiger partial charge >= 0.3 is 0 Å². The van der Waals surface area contributed by atoms with E-state index < -0.39 is 4.84 Å². The summed E-state index contributed by atoms with van der Waals surface area (Å²) in [4.78, 5) is 16.2. The van der Waals surface area contributed by atoms with Crippen LogP contribution in [0.3, 0.4) is 0 Å². The highest BCUT2D eigenvalue weighted by molar-refractivity contribution is 8.14. The summed E-state index contributed by atoms with van der Waals surface area (Å²) in [5.74, 6) is 0.778. The number of alkyl halides is 2. The van der Waals surface area contributed by atoms with Gasteiger partial charge in [-0.3, -0.25) is 4.79 Å². The number of ether oxygens (including phenoxy) is 1. The van der Waals surface area contributed by atoms with E-state index in [1.165, 1.54) is 0 Å². The zero-order chi connectivity index (χ0) is 18.2. The number of nitrogens with zero attached hydrogens (tertiary/aromatic N) is 1. The fourth-order valence-corrected chi connectivity index (χ4v) is 2.97. The van der Waals surface area contributed by atoms with Crippen molar-refractivity contribution in [1.29, 1.82) is 0 Å². The number of benzene rings is 2. The number of rotatable bonds is 6. The van der Waals surface area contributed by atoms with Gasteiger partial charge in [-0.1, -0.05) is 41.4 Å². The maximum Gasteiger partial charge on any atom is 0.226 e. The first-order chi connectivity index (χ1) is 12.0. The number of carbonyl (C=O) groups is 1. The number of carbonyl (C=O) groups excluding carboxylic acids is 1. The third-order valence-corrected chi connectivity index (χ3v) is 4.86. The summed E-state index contributed by atoms with van der Waals surface area (Å²) in [6.07, 6.45) is 3.83. The third-order valence-electron chi connectivity index (χ3n) is 3.21. The van der Waals surface area contributed by atoms with Gasteiger partial charge in [-0.2, -0.15) is 0 Å². The molecule has 0 bridgehead atoms. The van der Waals surface area contributed by atoms with Crippen molar-refractivity contribution in [3.8, 4) is 5.75 Å². The maximum absolute atomic E-state index is 11.8. The standard InChI is InChI=1S/C19H17Cl2NO2S/c1-3-6-15(13-9-11-14(24-2)12-10-13)22-16-7-4-5-8-17(16)25-19(23)18(20)21/h3-12,18H,1-2H3/b6-3-,22-15?. The SMILES string of the molecule is C/C=C\C(=Nc1ccccc1SC(=O)C(Cl)Cl)c1ccc(OC)cc1. The minimum Gasteiger partial charge on any atom is -0.497 e. The largest absolute Gasteiger partial charge is 0.497 e. The van der Waals surface area contributed by atoms with Gasteiger partial charge < -0.3 is 4.74 Å². The zero-order valence-electron chi connectivity index (χ0n) is 13.8. The van der Waals surface area contributed by atoms with E-state index in [1.807, 2.05) is 67.6 Å². The molecule has 2 aromatic rings. The minimum atomic E-state index is -1.07. The van der Waals surface area contributed by atoms with Gasteiger partial charge in [-0.05, 0) is 61.2 Å². The Morgan fingerprint density at radius 3 is 2.44 bits per heavy atom. The smallest absolute Gasteiger partial charge is 0.226 e. The molecular weight excluding hydrogens is 377 g/mol. The number of thioether (sulfide) groups is 1. The van der Waals surface area contributed by atoms with Crippen LogP contribution >= 0.6 is 35.0 Å². The van der Waals surface area contributed by atoms with E-state index in [0.717, 1.165) is 28.8 Å². The van der Waals surface area contributed by atoms with E-state index in [-0.39, 0.29) is 5.12 Å². The second-order valence-electron chi connectivity index (χ2n) is 4.92. The summed E-state index contributed by atoms with van der Waals surface area (Å²) < 4.78 is 5.19. The van der Waals surface area contributed by atoms with E-state index in [9.17, 15) is 4.79 Å². The fraction of sp³-hybridized carbons (Fsp3) is 0.158. The van der Waals surface area contributed by atoms with Crippen molar-refractivity contribution in [3.05, 3.63) is 66.2 Å². The molecule has 0 spiro atoms. The number of aliphatic imine (C=N–C) groups is 1. The molecule has 0 heterocycles. The van der Waals surface area contributed by atoms with Crippen molar-refractivity contribution < 1.29 is 9.53 Å². The Morgan fingerprint density at radius 1 is 1.16 bits per heavy atom. The van der Waals surface area contributed by atoms with Crippen LogP contribution in [0.1, 0.15) is 12.5 Å². The number of hydrogen-bond donors (Lipinski definition) is 0. The second-order valence-corrected chi connectivity index (χ2v) is 7.06. The van der Waals surface area contributed by atoms with E-state index in [1.54, 1.807) is 7.11 Å². The van der Waals surface area contributed by atoms with Crippen molar-refractivity contribution in [2.75, 3.05) is 7.11 Å². The van der Waals surface area contributed by atoms with Gasteiger partial charge in [0.25, 0.3) is 0 Å². The Kier molecular flexibility index (Phi) is 7.56. The lowest BCUT2D eigenvalue weighted by atomic mass is 10.1. The van der Waals surface area contributed by atoms with Crippen LogP contribution < -0.4 is 4.74 Å². The van der Waals surface area contributed by atoms with Crippen LogP contribution in [0.4, 0.5) is 5.69 Å². The van der Waals surface area contributed by atoms with Gasteiger partial charge in [0.2, 0.25) is 5.12 Å². The number of para-hydroxylation sites is 1. The third kappa shape index (κ3) is 5.63. The van der Waals surface area contributed by atoms with Gasteiger partial charge in [-0.25, -0.2) is 4.99 Å². The van der Waals surface area contributed by atoms with Gasteiger partial charge in [0.15, 0.2) is 4.84 Å². The normalized spacial score (nSPS) is 12.0. The molecule has 25 heavy (non-hydrogen) atoms. The fourth-order valence-electron chi connectivity index (χ4n) is 2.04. The highest BCUT2D eigenvalue weighted by atomic mass is 35.5. The highest BCUT2D eigenvalue weighted by Gasteiger charge is 2.15. The molecular formula is C19H17Cl2NO2S. The van der Waals surface area contributed by atoms with Crippen molar-refractivity contribution in [3.63, 3.8) is 0 Å². The highest BCUT2D eigenvalue weighted by Crippen LogP contribution is 2.32. The van der Waals surface area contributed by atoms with E-state index in [2.05, 4.69) is 0 Å². The molecule has 3 nitrogen and oxygen atoms in total. The average Bonchev–Trinajstić information content (AvgIpc) is 2.62.